The Bertz CT molecular complexity index is 772. The van der Waals surface area contributed by atoms with Crippen molar-refractivity contribution in [3.05, 3.63) is 22.4 Å². The zero-order chi connectivity index (χ0) is 16.3. The standard InChI is InChI=1S/C12H15N5O3S3/c18-11(13-9-3-5-23(19,20)8-9)7-22-12-14-15-16-17(12)6-10-2-1-4-21-10/h1-2,4,9H,3,5-8H2,(H,13,18). The Hall–Kier alpha value is -1.46. The summed E-state index contributed by atoms with van der Waals surface area (Å²) in [6, 6.07) is 3.67. The summed E-state index contributed by atoms with van der Waals surface area (Å²) in [7, 11) is -2.99. The molecular formula is C12H15N5O3S3. The molecule has 2 aromatic rings. The van der Waals surface area contributed by atoms with Gasteiger partial charge in [0, 0.05) is 10.9 Å². The number of hydrogen-bond donors (Lipinski definition) is 1. The van der Waals surface area contributed by atoms with Crippen molar-refractivity contribution in [2.24, 2.45) is 0 Å². The first-order valence-electron chi connectivity index (χ1n) is 6.93. The van der Waals surface area contributed by atoms with Crippen LogP contribution in [0.5, 0.6) is 0 Å². The molecule has 1 aliphatic rings. The topological polar surface area (TPSA) is 107 Å². The van der Waals surface area contributed by atoms with Crippen molar-refractivity contribution >= 4 is 38.8 Å². The molecule has 1 atom stereocenters. The average molecular weight is 373 g/mol. The zero-order valence-corrected chi connectivity index (χ0v) is 14.5. The van der Waals surface area contributed by atoms with Crippen LogP contribution in [-0.2, 0) is 21.2 Å². The lowest BCUT2D eigenvalue weighted by molar-refractivity contribution is -0.119. The second kappa shape index (κ2) is 6.97. The van der Waals surface area contributed by atoms with Crippen molar-refractivity contribution in [1.82, 2.24) is 25.5 Å². The minimum atomic E-state index is -2.99. The Morgan fingerprint density at radius 3 is 3.09 bits per heavy atom. The molecule has 1 unspecified atom stereocenters. The van der Waals surface area contributed by atoms with E-state index in [1.165, 1.54) is 11.8 Å². The molecule has 1 N–H and O–H groups in total. The first-order chi connectivity index (χ1) is 11.0. The van der Waals surface area contributed by atoms with E-state index >= 15 is 0 Å². The van der Waals surface area contributed by atoms with Crippen LogP contribution < -0.4 is 5.32 Å². The summed E-state index contributed by atoms with van der Waals surface area (Å²) in [5.41, 5.74) is 0. The molecule has 8 nitrogen and oxygen atoms in total. The second-order valence-electron chi connectivity index (χ2n) is 5.15. The van der Waals surface area contributed by atoms with Gasteiger partial charge in [0.15, 0.2) is 9.84 Å². The Labute approximate surface area is 141 Å². The zero-order valence-electron chi connectivity index (χ0n) is 12.1. The minimum Gasteiger partial charge on any atom is -0.352 e. The summed E-state index contributed by atoms with van der Waals surface area (Å²) in [4.78, 5) is 13.1. The molecule has 124 valence electrons. The highest BCUT2D eigenvalue weighted by atomic mass is 32.2. The maximum Gasteiger partial charge on any atom is 0.230 e. The predicted octanol–water partition coefficient (Wildman–Crippen LogP) is 0.178. The summed E-state index contributed by atoms with van der Waals surface area (Å²) in [6.07, 6.45) is 0.481. The van der Waals surface area contributed by atoms with Gasteiger partial charge in [0.05, 0.1) is 23.8 Å². The van der Waals surface area contributed by atoms with E-state index in [1.807, 2.05) is 17.5 Å². The van der Waals surface area contributed by atoms with E-state index < -0.39 is 9.84 Å². The van der Waals surface area contributed by atoms with E-state index in [1.54, 1.807) is 16.0 Å². The molecule has 1 fully saturated rings. The van der Waals surface area contributed by atoms with Crippen molar-refractivity contribution in [3.63, 3.8) is 0 Å². The van der Waals surface area contributed by atoms with Crippen LogP contribution in [0.25, 0.3) is 0 Å². The van der Waals surface area contributed by atoms with Crippen LogP contribution >= 0.6 is 23.1 Å². The quantitative estimate of drug-likeness (QED) is 0.720. The van der Waals surface area contributed by atoms with Gasteiger partial charge in [-0.1, -0.05) is 17.8 Å². The maximum atomic E-state index is 11.9. The fraction of sp³-hybridized carbons (Fsp3) is 0.500. The number of nitrogens with zero attached hydrogens (tertiary/aromatic N) is 4. The maximum absolute atomic E-state index is 11.9. The van der Waals surface area contributed by atoms with E-state index in [4.69, 9.17) is 0 Å². The Kier molecular flexibility index (Phi) is 4.97. The van der Waals surface area contributed by atoms with Crippen LogP contribution in [0.2, 0.25) is 0 Å². The number of sulfone groups is 1. The predicted molar refractivity (Wildman–Crippen MR) is 87.2 cm³/mol. The highest BCUT2D eigenvalue weighted by Crippen LogP contribution is 2.17. The third-order valence-corrected chi connectivity index (χ3v) is 6.90. The molecule has 1 aliphatic heterocycles. The van der Waals surface area contributed by atoms with Gasteiger partial charge in [0.25, 0.3) is 0 Å². The second-order valence-corrected chi connectivity index (χ2v) is 9.36. The van der Waals surface area contributed by atoms with Crippen molar-refractivity contribution < 1.29 is 13.2 Å². The summed E-state index contributed by atoms with van der Waals surface area (Å²) in [5, 5.41) is 16.8. The monoisotopic (exact) mass is 373 g/mol. The Balaban J connectivity index is 1.51. The normalized spacial score (nSPS) is 19.7. The summed E-state index contributed by atoms with van der Waals surface area (Å²) in [5.74, 6) is 0.119. The highest BCUT2D eigenvalue weighted by Gasteiger charge is 2.28. The highest BCUT2D eigenvalue weighted by molar-refractivity contribution is 7.99. The van der Waals surface area contributed by atoms with E-state index in [2.05, 4.69) is 20.8 Å². The molecule has 0 bridgehead atoms. The van der Waals surface area contributed by atoms with Gasteiger partial charge in [-0.25, -0.2) is 13.1 Å². The molecule has 0 spiro atoms. The summed E-state index contributed by atoms with van der Waals surface area (Å²) >= 11 is 2.85. The van der Waals surface area contributed by atoms with Crippen molar-refractivity contribution in [3.8, 4) is 0 Å². The van der Waals surface area contributed by atoms with Crippen LogP contribution in [0.15, 0.2) is 22.7 Å². The summed E-state index contributed by atoms with van der Waals surface area (Å²) < 4.78 is 24.4. The molecule has 1 amide bonds. The number of carbonyl (C=O) groups is 1. The van der Waals surface area contributed by atoms with Gasteiger partial charge in [0.2, 0.25) is 11.1 Å². The number of nitrogens with one attached hydrogen (secondary N) is 1. The molecule has 3 rings (SSSR count). The van der Waals surface area contributed by atoms with Gasteiger partial charge in [-0.3, -0.25) is 4.79 Å². The molecule has 3 heterocycles. The lowest BCUT2D eigenvalue weighted by Crippen LogP contribution is -2.36. The SMILES string of the molecule is O=C(CSc1nnnn1Cc1cccs1)NC1CCS(=O)(=O)C1. The van der Waals surface area contributed by atoms with Gasteiger partial charge in [-0.05, 0) is 28.3 Å². The molecule has 0 aromatic carbocycles. The van der Waals surface area contributed by atoms with Crippen LogP contribution in [0.3, 0.4) is 0 Å². The van der Waals surface area contributed by atoms with Crippen LogP contribution in [0.1, 0.15) is 11.3 Å². The van der Waals surface area contributed by atoms with Crippen LogP contribution in [0.4, 0.5) is 0 Å². The van der Waals surface area contributed by atoms with Gasteiger partial charge >= 0.3 is 0 Å². The molecule has 0 saturated carbocycles. The Morgan fingerprint density at radius 1 is 1.52 bits per heavy atom. The molecule has 11 heteroatoms. The van der Waals surface area contributed by atoms with Gasteiger partial charge in [-0.2, -0.15) is 0 Å². The van der Waals surface area contributed by atoms with E-state index in [0.29, 0.717) is 18.1 Å². The Morgan fingerprint density at radius 2 is 2.39 bits per heavy atom. The van der Waals surface area contributed by atoms with Crippen LogP contribution in [0, 0.1) is 0 Å². The van der Waals surface area contributed by atoms with E-state index in [0.717, 1.165) is 4.88 Å². The van der Waals surface area contributed by atoms with E-state index in [9.17, 15) is 13.2 Å². The molecule has 1 saturated heterocycles. The molecule has 23 heavy (non-hydrogen) atoms. The van der Waals surface area contributed by atoms with Crippen molar-refractivity contribution in [2.45, 2.75) is 24.2 Å². The molecule has 0 aliphatic carbocycles. The number of amides is 1. The number of carbonyl (C=O) groups excluding carboxylic acids is 1. The van der Waals surface area contributed by atoms with Crippen molar-refractivity contribution in [1.29, 1.82) is 0 Å². The molecule has 0 radical (unpaired) electrons. The fourth-order valence-corrected chi connectivity index (χ4v) is 5.30. The third-order valence-electron chi connectivity index (χ3n) is 3.31. The number of rotatable bonds is 6. The largest absolute Gasteiger partial charge is 0.352 e. The third kappa shape index (κ3) is 4.52. The first-order valence-corrected chi connectivity index (χ1v) is 10.6. The summed E-state index contributed by atoms with van der Waals surface area (Å²) in [6.45, 7) is 0.565. The van der Waals surface area contributed by atoms with Gasteiger partial charge in [-0.15, -0.1) is 16.4 Å². The smallest absolute Gasteiger partial charge is 0.230 e. The number of tetrazole rings is 1. The number of aromatic nitrogens is 4. The molecule has 2 aromatic heterocycles. The van der Waals surface area contributed by atoms with Crippen molar-refractivity contribution in [2.75, 3.05) is 17.3 Å². The van der Waals surface area contributed by atoms with Crippen LogP contribution in [-0.4, -0.2) is 57.8 Å². The number of hydrogen-bond acceptors (Lipinski definition) is 8. The number of thioether (sulfide) groups is 1. The lowest BCUT2D eigenvalue weighted by atomic mass is 10.3. The fourth-order valence-electron chi connectivity index (χ4n) is 2.26. The lowest BCUT2D eigenvalue weighted by Gasteiger charge is -2.10. The average Bonchev–Trinajstić information content (AvgIpc) is 3.20. The van der Waals surface area contributed by atoms with Gasteiger partial charge < -0.3 is 5.32 Å². The first kappa shape index (κ1) is 16.4. The molecular weight excluding hydrogens is 358 g/mol. The van der Waals surface area contributed by atoms with E-state index in [-0.39, 0.29) is 29.2 Å². The van der Waals surface area contributed by atoms with Gasteiger partial charge in [0.1, 0.15) is 0 Å². The number of thiophene rings is 1. The minimum absolute atomic E-state index is 0.0273.